The Morgan fingerprint density at radius 1 is 1.08 bits per heavy atom. The number of carbonyl (C=O) groups excluding carboxylic acids is 2. The van der Waals surface area contributed by atoms with Crippen molar-refractivity contribution in [3.8, 4) is 0 Å². The highest BCUT2D eigenvalue weighted by molar-refractivity contribution is 9.10. The molecule has 120 valence electrons. The number of pyridine rings is 2. The van der Waals surface area contributed by atoms with Gasteiger partial charge in [0.2, 0.25) is 5.78 Å². The van der Waals surface area contributed by atoms with Crippen molar-refractivity contribution in [2.75, 3.05) is 7.11 Å². The van der Waals surface area contributed by atoms with E-state index in [1.54, 1.807) is 43.6 Å². The highest BCUT2D eigenvalue weighted by Crippen LogP contribution is 2.17. The highest BCUT2D eigenvalue weighted by Gasteiger charge is 2.20. The van der Waals surface area contributed by atoms with E-state index in [0.717, 1.165) is 10.0 Å². The summed E-state index contributed by atoms with van der Waals surface area (Å²) in [6.07, 6.45) is 1.65. The number of hydrogen-bond acceptors (Lipinski definition) is 5. The molecule has 2 heterocycles. The Kier molecular flexibility index (Phi) is 4.78. The average Bonchev–Trinajstić information content (AvgIpc) is 2.60. The molecular weight excluding hydrogens is 372 g/mol. The molecule has 0 fully saturated rings. The molecule has 3 aromatic rings. The Hall–Kier alpha value is -2.44. The van der Waals surface area contributed by atoms with E-state index in [4.69, 9.17) is 4.74 Å². The second-order valence-corrected chi connectivity index (χ2v) is 6.10. The smallest absolute Gasteiger partial charge is 0.251 e. The van der Waals surface area contributed by atoms with Gasteiger partial charge in [0.25, 0.3) is 5.78 Å². The van der Waals surface area contributed by atoms with Crippen molar-refractivity contribution in [1.82, 2.24) is 9.97 Å². The molecule has 0 aliphatic rings. The number of rotatable bonds is 5. The number of ketones is 2. The van der Waals surface area contributed by atoms with Gasteiger partial charge in [-0.2, -0.15) is 0 Å². The number of benzene rings is 1. The minimum absolute atomic E-state index is 0.101. The zero-order chi connectivity index (χ0) is 17.1. The van der Waals surface area contributed by atoms with Crippen LogP contribution in [-0.2, 0) is 11.3 Å². The van der Waals surface area contributed by atoms with E-state index < -0.39 is 11.6 Å². The quantitative estimate of drug-likeness (QED) is 0.496. The number of ether oxygens (including phenoxy) is 1. The SMILES string of the molecule is COCc1cccc(C(=O)C(=O)c2ccc3ncc(Br)cc3n2)c1. The zero-order valence-electron chi connectivity index (χ0n) is 12.8. The van der Waals surface area contributed by atoms with Crippen LogP contribution in [0.2, 0.25) is 0 Å². The number of hydrogen-bond donors (Lipinski definition) is 0. The van der Waals surface area contributed by atoms with Crippen molar-refractivity contribution in [2.24, 2.45) is 0 Å². The van der Waals surface area contributed by atoms with Gasteiger partial charge in [0.1, 0.15) is 5.69 Å². The predicted octanol–water partition coefficient (Wildman–Crippen LogP) is 3.60. The van der Waals surface area contributed by atoms with E-state index in [1.165, 1.54) is 6.07 Å². The molecule has 0 unspecified atom stereocenters. The molecule has 1 aromatic carbocycles. The molecule has 0 aliphatic carbocycles. The lowest BCUT2D eigenvalue weighted by Gasteiger charge is -2.04. The number of carbonyl (C=O) groups is 2. The summed E-state index contributed by atoms with van der Waals surface area (Å²) in [5, 5.41) is 0. The normalized spacial score (nSPS) is 10.8. The van der Waals surface area contributed by atoms with Gasteiger partial charge >= 0.3 is 0 Å². The maximum atomic E-state index is 12.5. The highest BCUT2D eigenvalue weighted by atomic mass is 79.9. The fourth-order valence-electron chi connectivity index (χ4n) is 2.32. The van der Waals surface area contributed by atoms with Crippen molar-refractivity contribution >= 4 is 38.5 Å². The fourth-order valence-corrected chi connectivity index (χ4v) is 2.64. The zero-order valence-corrected chi connectivity index (χ0v) is 14.4. The van der Waals surface area contributed by atoms with Crippen LogP contribution >= 0.6 is 15.9 Å². The molecule has 0 spiro atoms. The molecule has 2 aromatic heterocycles. The van der Waals surface area contributed by atoms with Crippen LogP contribution in [0.15, 0.2) is 53.1 Å². The first kappa shape index (κ1) is 16.4. The van der Waals surface area contributed by atoms with E-state index in [2.05, 4.69) is 25.9 Å². The summed E-state index contributed by atoms with van der Waals surface area (Å²) in [6.45, 7) is 0.378. The minimum atomic E-state index is -0.647. The Morgan fingerprint density at radius 3 is 2.71 bits per heavy atom. The Labute approximate surface area is 146 Å². The average molecular weight is 385 g/mol. The largest absolute Gasteiger partial charge is 0.380 e. The molecule has 24 heavy (non-hydrogen) atoms. The second kappa shape index (κ2) is 6.98. The standard InChI is InChI=1S/C18H13BrN2O3/c1-24-10-11-3-2-4-12(7-11)17(22)18(23)15-6-5-14-16(21-15)8-13(19)9-20-14/h2-9H,10H2,1H3. The maximum Gasteiger partial charge on any atom is 0.251 e. The topological polar surface area (TPSA) is 69.2 Å². The van der Waals surface area contributed by atoms with Gasteiger partial charge in [-0.15, -0.1) is 0 Å². The first-order valence-electron chi connectivity index (χ1n) is 7.17. The van der Waals surface area contributed by atoms with Gasteiger partial charge in [0.05, 0.1) is 17.6 Å². The maximum absolute atomic E-state index is 12.5. The van der Waals surface area contributed by atoms with Crippen LogP contribution in [0, 0.1) is 0 Å². The van der Waals surface area contributed by atoms with Crippen molar-refractivity contribution in [2.45, 2.75) is 6.61 Å². The van der Waals surface area contributed by atoms with E-state index in [9.17, 15) is 9.59 Å². The van der Waals surface area contributed by atoms with Gasteiger partial charge in [-0.05, 0) is 45.8 Å². The summed E-state index contributed by atoms with van der Waals surface area (Å²) >= 11 is 3.32. The molecule has 0 N–H and O–H groups in total. The van der Waals surface area contributed by atoms with Gasteiger partial charge in [-0.1, -0.05) is 18.2 Å². The number of methoxy groups -OCH3 is 1. The third kappa shape index (κ3) is 3.39. The van der Waals surface area contributed by atoms with E-state index in [0.29, 0.717) is 23.2 Å². The molecule has 0 aliphatic heterocycles. The van der Waals surface area contributed by atoms with Crippen molar-refractivity contribution in [3.05, 3.63) is 70.0 Å². The van der Waals surface area contributed by atoms with Crippen LogP contribution in [0.4, 0.5) is 0 Å². The number of halogens is 1. The van der Waals surface area contributed by atoms with E-state index in [1.807, 2.05) is 6.07 Å². The fraction of sp³-hybridized carbons (Fsp3) is 0.111. The van der Waals surface area contributed by atoms with Crippen molar-refractivity contribution in [3.63, 3.8) is 0 Å². The number of nitrogens with zero attached hydrogens (tertiary/aromatic N) is 2. The summed E-state index contributed by atoms with van der Waals surface area (Å²) in [6, 6.07) is 11.8. The summed E-state index contributed by atoms with van der Waals surface area (Å²) in [4.78, 5) is 33.4. The van der Waals surface area contributed by atoms with E-state index >= 15 is 0 Å². The number of fused-ring (bicyclic) bond motifs is 1. The lowest BCUT2D eigenvalue weighted by atomic mass is 10.0. The van der Waals surface area contributed by atoms with Crippen LogP contribution in [0.5, 0.6) is 0 Å². The van der Waals surface area contributed by atoms with Crippen molar-refractivity contribution in [1.29, 1.82) is 0 Å². The van der Waals surface area contributed by atoms with E-state index in [-0.39, 0.29) is 5.69 Å². The second-order valence-electron chi connectivity index (χ2n) is 5.18. The van der Waals surface area contributed by atoms with Gasteiger partial charge < -0.3 is 4.74 Å². The molecule has 0 bridgehead atoms. The molecule has 0 amide bonds. The third-order valence-electron chi connectivity index (χ3n) is 3.44. The predicted molar refractivity (Wildman–Crippen MR) is 93.1 cm³/mol. The first-order valence-corrected chi connectivity index (χ1v) is 7.97. The van der Waals surface area contributed by atoms with Gasteiger partial charge in [0.15, 0.2) is 0 Å². The number of aromatic nitrogens is 2. The van der Waals surface area contributed by atoms with Crippen LogP contribution in [0.25, 0.3) is 11.0 Å². The molecule has 3 rings (SSSR count). The molecule has 0 atom stereocenters. The first-order chi connectivity index (χ1) is 11.6. The lowest BCUT2D eigenvalue weighted by molar-refractivity contribution is 0.0814. The summed E-state index contributed by atoms with van der Waals surface area (Å²) < 4.78 is 5.80. The molecule has 5 nitrogen and oxygen atoms in total. The summed E-state index contributed by atoms with van der Waals surface area (Å²) in [7, 11) is 1.57. The van der Waals surface area contributed by atoms with Gasteiger partial charge in [0, 0.05) is 23.3 Å². The van der Waals surface area contributed by atoms with Crippen LogP contribution < -0.4 is 0 Å². The molecule has 0 saturated carbocycles. The van der Waals surface area contributed by atoms with Crippen LogP contribution in [-0.4, -0.2) is 28.6 Å². The third-order valence-corrected chi connectivity index (χ3v) is 3.88. The van der Waals surface area contributed by atoms with Crippen molar-refractivity contribution < 1.29 is 14.3 Å². The molecule has 0 radical (unpaired) electrons. The van der Waals surface area contributed by atoms with Crippen LogP contribution in [0.3, 0.4) is 0 Å². The van der Waals surface area contributed by atoms with Gasteiger partial charge in [-0.3, -0.25) is 14.6 Å². The lowest BCUT2D eigenvalue weighted by Crippen LogP contribution is -2.16. The molecule has 6 heteroatoms. The summed E-state index contributed by atoms with van der Waals surface area (Å²) in [5.74, 6) is -1.24. The van der Waals surface area contributed by atoms with Crippen LogP contribution in [0.1, 0.15) is 26.4 Å². The molecule has 0 saturated heterocycles. The monoisotopic (exact) mass is 384 g/mol. The Balaban J connectivity index is 1.93. The number of Topliss-reactive ketones (excluding diaryl/α,β-unsaturated/α-hetero) is 2. The minimum Gasteiger partial charge on any atom is -0.380 e. The Bertz CT molecular complexity index is 940. The summed E-state index contributed by atoms with van der Waals surface area (Å²) in [5.41, 5.74) is 2.46. The Morgan fingerprint density at radius 2 is 1.92 bits per heavy atom. The molecular formula is C18H13BrN2O3. The van der Waals surface area contributed by atoms with Gasteiger partial charge in [-0.25, -0.2) is 4.98 Å².